The number of benzene rings is 1. The van der Waals surface area contributed by atoms with Crippen LogP contribution in [0.2, 0.25) is 0 Å². The molecule has 3 aromatic rings. The Morgan fingerprint density at radius 3 is 2.94 bits per heavy atom. The molecular formula is C22H23FN6O2. The molecule has 5 N–H and O–H groups in total. The van der Waals surface area contributed by atoms with E-state index in [4.69, 9.17) is 16.2 Å². The van der Waals surface area contributed by atoms with Crippen LogP contribution in [-0.2, 0) is 6.54 Å². The first-order valence-electron chi connectivity index (χ1n) is 9.85. The van der Waals surface area contributed by atoms with Crippen molar-refractivity contribution in [3.63, 3.8) is 0 Å². The summed E-state index contributed by atoms with van der Waals surface area (Å²) in [5.41, 5.74) is 15.2. The molecule has 0 saturated heterocycles. The molecule has 0 amide bonds. The highest BCUT2D eigenvalue weighted by Crippen LogP contribution is 2.34. The lowest BCUT2D eigenvalue weighted by atomic mass is 10.00. The molecule has 0 aliphatic carbocycles. The first kappa shape index (κ1) is 20.5. The van der Waals surface area contributed by atoms with Crippen LogP contribution in [0.15, 0.2) is 59.6 Å². The van der Waals surface area contributed by atoms with Crippen molar-refractivity contribution in [3.8, 4) is 17.1 Å². The minimum Gasteiger partial charge on any atom is -0.479 e. The van der Waals surface area contributed by atoms with E-state index in [-0.39, 0.29) is 11.6 Å². The Morgan fingerprint density at radius 2 is 2.19 bits per heavy atom. The Bertz CT molecular complexity index is 1170. The van der Waals surface area contributed by atoms with Gasteiger partial charge in [0.25, 0.3) is 0 Å². The zero-order valence-corrected chi connectivity index (χ0v) is 17.0. The van der Waals surface area contributed by atoms with Crippen molar-refractivity contribution in [2.24, 2.45) is 10.7 Å². The van der Waals surface area contributed by atoms with E-state index in [9.17, 15) is 9.50 Å². The SMILES string of the molecule is CCN=C1C(=CN)Cn2ccnc2-c2ccc(F)cc2C(CO)Oc2cc1cnc2N. The molecule has 2 aromatic heterocycles. The number of hydrogen-bond acceptors (Lipinski definition) is 7. The maximum absolute atomic E-state index is 14.2. The lowest BCUT2D eigenvalue weighted by molar-refractivity contribution is 0.117. The number of hydrogen-bond donors (Lipinski definition) is 3. The molecule has 1 aromatic carbocycles. The van der Waals surface area contributed by atoms with Gasteiger partial charge in [-0.05, 0) is 31.2 Å². The minimum absolute atomic E-state index is 0.146. The van der Waals surface area contributed by atoms with Gasteiger partial charge in [-0.15, -0.1) is 0 Å². The van der Waals surface area contributed by atoms with Crippen molar-refractivity contribution >= 4 is 11.5 Å². The molecule has 1 aliphatic heterocycles. The highest BCUT2D eigenvalue weighted by molar-refractivity contribution is 6.12. The van der Waals surface area contributed by atoms with Crippen molar-refractivity contribution in [1.82, 2.24) is 14.5 Å². The number of aliphatic imine (C=N–C) groups is 1. The van der Waals surface area contributed by atoms with E-state index in [1.54, 1.807) is 24.5 Å². The van der Waals surface area contributed by atoms with Crippen LogP contribution in [0, 0.1) is 5.82 Å². The molecule has 8 nitrogen and oxygen atoms in total. The number of aliphatic hydroxyl groups excluding tert-OH is 1. The van der Waals surface area contributed by atoms with E-state index in [1.807, 2.05) is 17.7 Å². The Labute approximate surface area is 178 Å². The third-order valence-electron chi connectivity index (χ3n) is 5.07. The summed E-state index contributed by atoms with van der Waals surface area (Å²) in [6, 6.07) is 6.00. The first-order chi connectivity index (χ1) is 15.0. The van der Waals surface area contributed by atoms with Crippen molar-refractivity contribution in [2.75, 3.05) is 18.9 Å². The molecule has 4 rings (SSSR count). The lowest BCUT2D eigenvalue weighted by Gasteiger charge is -2.23. The number of aliphatic hydroxyl groups is 1. The van der Waals surface area contributed by atoms with Gasteiger partial charge in [-0.2, -0.15) is 0 Å². The number of ether oxygens (including phenoxy) is 1. The predicted molar refractivity (Wildman–Crippen MR) is 116 cm³/mol. The number of nitrogen functional groups attached to an aromatic ring is 1. The van der Waals surface area contributed by atoms with Crippen LogP contribution in [-0.4, -0.2) is 38.5 Å². The Balaban J connectivity index is 2.00. The standard InChI is InChI=1S/C22H23FN6O2/c1-2-26-20-13-7-18(21(25)28-10-13)31-19(12-30)17-8-15(23)3-4-16(17)22-27-5-6-29(22)11-14(20)9-24/h3-10,19,30H,2,11-12,24H2,1H3,(H2,25,28). The van der Waals surface area contributed by atoms with Gasteiger partial charge in [-0.1, -0.05) is 0 Å². The van der Waals surface area contributed by atoms with Crippen molar-refractivity contribution in [3.05, 3.63) is 71.6 Å². The molecule has 0 spiro atoms. The number of rotatable bonds is 2. The van der Waals surface area contributed by atoms with Crippen LogP contribution in [0.4, 0.5) is 10.2 Å². The number of halogens is 1. The number of allylic oxidation sites excluding steroid dienone is 1. The highest BCUT2D eigenvalue weighted by atomic mass is 19.1. The Hall–Kier alpha value is -3.72. The fourth-order valence-corrected chi connectivity index (χ4v) is 3.64. The van der Waals surface area contributed by atoms with E-state index in [1.165, 1.54) is 18.3 Å². The molecule has 1 aliphatic rings. The van der Waals surface area contributed by atoms with E-state index < -0.39 is 18.5 Å². The monoisotopic (exact) mass is 422 g/mol. The summed E-state index contributed by atoms with van der Waals surface area (Å²) in [7, 11) is 0. The van der Waals surface area contributed by atoms with E-state index in [0.717, 1.165) is 5.57 Å². The lowest BCUT2D eigenvalue weighted by Crippen LogP contribution is -2.19. The third kappa shape index (κ3) is 3.87. The molecular weight excluding hydrogens is 399 g/mol. The maximum Gasteiger partial charge on any atom is 0.166 e. The molecule has 0 saturated carbocycles. The van der Waals surface area contributed by atoms with E-state index in [0.29, 0.717) is 41.3 Å². The molecule has 1 unspecified atom stereocenters. The number of aromatic nitrogens is 3. The smallest absolute Gasteiger partial charge is 0.166 e. The first-order valence-corrected chi connectivity index (χ1v) is 9.85. The topological polar surface area (TPSA) is 125 Å². The normalized spacial score (nSPS) is 18.6. The van der Waals surface area contributed by atoms with Crippen molar-refractivity contribution in [2.45, 2.75) is 19.6 Å². The average molecular weight is 422 g/mol. The molecule has 9 heteroatoms. The molecule has 0 radical (unpaired) electrons. The molecule has 2 bridgehead atoms. The van der Waals surface area contributed by atoms with E-state index >= 15 is 0 Å². The van der Waals surface area contributed by atoms with Crippen LogP contribution in [0.5, 0.6) is 5.75 Å². The second kappa shape index (κ2) is 8.57. The summed E-state index contributed by atoms with van der Waals surface area (Å²) < 4.78 is 22.1. The number of imidazole rings is 1. The summed E-state index contributed by atoms with van der Waals surface area (Å²) in [5, 5.41) is 10.1. The summed E-state index contributed by atoms with van der Waals surface area (Å²) in [4.78, 5) is 13.3. The van der Waals surface area contributed by atoms with Gasteiger partial charge in [0.05, 0.1) is 18.9 Å². The Kier molecular flexibility index (Phi) is 5.68. The molecule has 1 atom stereocenters. The largest absolute Gasteiger partial charge is 0.479 e. The van der Waals surface area contributed by atoms with Gasteiger partial charge in [0.15, 0.2) is 11.6 Å². The Morgan fingerprint density at radius 1 is 1.35 bits per heavy atom. The molecule has 31 heavy (non-hydrogen) atoms. The summed E-state index contributed by atoms with van der Waals surface area (Å²) in [6.07, 6.45) is 5.68. The summed E-state index contributed by atoms with van der Waals surface area (Å²) in [5.74, 6) is 0.539. The van der Waals surface area contributed by atoms with Gasteiger partial charge >= 0.3 is 0 Å². The van der Waals surface area contributed by atoms with E-state index in [2.05, 4.69) is 15.0 Å². The molecule has 160 valence electrons. The van der Waals surface area contributed by atoms with Gasteiger partial charge in [0.2, 0.25) is 0 Å². The maximum atomic E-state index is 14.2. The minimum atomic E-state index is -0.884. The van der Waals surface area contributed by atoms with Crippen molar-refractivity contribution in [1.29, 1.82) is 0 Å². The third-order valence-corrected chi connectivity index (χ3v) is 5.07. The van der Waals surface area contributed by atoms with Gasteiger partial charge in [-0.25, -0.2) is 14.4 Å². The van der Waals surface area contributed by atoms with Crippen LogP contribution in [0.1, 0.15) is 24.2 Å². The van der Waals surface area contributed by atoms with Gasteiger partial charge in [0, 0.05) is 53.6 Å². The second-order valence-electron chi connectivity index (χ2n) is 7.02. The van der Waals surface area contributed by atoms with Gasteiger partial charge in [-0.3, -0.25) is 4.99 Å². The quantitative estimate of drug-likeness (QED) is 0.583. The number of pyridine rings is 1. The summed E-state index contributed by atoms with van der Waals surface area (Å²) >= 11 is 0. The zero-order chi connectivity index (χ0) is 22.0. The van der Waals surface area contributed by atoms with Gasteiger partial charge < -0.3 is 25.9 Å². The fourth-order valence-electron chi connectivity index (χ4n) is 3.64. The second-order valence-corrected chi connectivity index (χ2v) is 7.02. The number of nitrogens with zero attached hydrogens (tertiary/aromatic N) is 4. The fraction of sp³-hybridized carbons (Fsp3) is 0.227. The molecule has 0 fully saturated rings. The number of nitrogens with two attached hydrogens (primary N) is 2. The zero-order valence-electron chi connectivity index (χ0n) is 17.0. The van der Waals surface area contributed by atoms with Crippen LogP contribution < -0.4 is 16.2 Å². The van der Waals surface area contributed by atoms with Crippen LogP contribution in [0.25, 0.3) is 11.4 Å². The number of anilines is 1. The summed E-state index contributed by atoms with van der Waals surface area (Å²) in [6.45, 7) is 2.44. The van der Waals surface area contributed by atoms with Crippen LogP contribution in [0.3, 0.4) is 0 Å². The molecule has 3 heterocycles. The van der Waals surface area contributed by atoms with Crippen LogP contribution >= 0.6 is 0 Å². The highest BCUT2D eigenvalue weighted by Gasteiger charge is 2.24. The van der Waals surface area contributed by atoms with Crippen molar-refractivity contribution < 1.29 is 14.2 Å². The average Bonchev–Trinajstić information content (AvgIpc) is 3.23. The predicted octanol–water partition coefficient (Wildman–Crippen LogP) is 2.44. The van der Waals surface area contributed by atoms with Gasteiger partial charge in [0.1, 0.15) is 17.7 Å². The number of fused-ring (bicyclic) bond motifs is 5.